The van der Waals surface area contributed by atoms with Gasteiger partial charge in [-0.25, -0.2) is 4.99 Å². The summed E-state index contributed by atoms with van der Waals surface area (Å²) in [6, 6.07) is 8.91. The van der Waals surface area contributed by atoms with Gasteiger partial charge in [-0.1, -0.05) is 24.3 Å². The molecule has 1 aromatic rings. The standard InChI is InChI=1S/C24H41N5O2.HI/c1-3-25-24(26-10-4-15-30-19-23-9-16-31-20-23)27-17-21-5-7-22(8-6-21)18-29-13-11-28(2)12-14-29;/h5-8,23H,3-4,9-20H2,1-2H3,(H2,25,26,27);1H. The summed E-state index contributed by atoms with van der Waals surface area (Å²) in [5.74, 6) is 1.45. The van der Waals surface area contributed by atoms with Crippen LogP contribution < -0.4 is 10.6 Å². The van der Waals surface area contributed by atoms with Crippen LogP contribution in [0.1, 0.15) is 30.9 Å². The van der Waals surface area contributed by atoms with Gasteiger partial charge < -0.3 is 25.0 Å². The van der Waals surface area contributed by atoms with Gasteiger partial charge in [-0.05, 0) is 37.9 Å². The third kappa shape index (κ3) is 10.3. The van der Waals surface area contributed by atoms with Crippen LogP contribution in [0, 0.1) is 5.92 Å². The number of halogens is 1. The van der Waals surface area contributed by atoms with Crippen LogP contribution in [0.3, 0.4) is 0 Å². The molecule has 0 aliphatic carbocycles. The summed E-state index contributed by atoms with van der Waals surface area (Å²) >= 11 is 0. The number of benzene rings is 1. The lowest BCUT2D eigenvalue weighted by Gasteiger charge is -2.32. The van der Waals surface area contributed by atoms with Gasteiger partial charge >= 0.3 is 0 Å². The highest BCUT2D eigenvalue weighted by Gasteiger charge is 2.15. The largest absolute Gasteiger partial charge is 0.381 e. The van der Waals surface area contributed by atoms with Crippen LogP contribution in [-0.2, 0) is 22.6 Å². The lowest BCUT2D eigenvalue weighted by molar-refractivity contribution is 0.0888. The van der Waals surface area contributed by atoms with E-state index in [-0.39, 0.29) is 24.0 Å². The second kappa shape index (κ2) is 15.8. The Balaban J connectivity index is 0.00000363. The fourth-order valence-corrected chi connectivity index (χ4v) is 3.87. The minimum atomic E-state index is 0. The Labute approximate surface area is 211 Å². The Morgan fingerprint density at radius 3 is 2.56 bits per heavy atom. The Morgan fingerprint density at radius 1 is 1.12 bits per heavy atom. The highest BCUT2D eigenvalue weighted by molar-refractivity contribution is 14.0. The lowest BCUT2D eigenvalue weighted by atomic mass is 10.1. The molecule has 0 bridgehead atoms. The van der Waals surface area contributed by atoms with Crippen molar-refractivity contribution < 1.29 is 9.47 Å². The average molecular weight is 560 g/mol. The molecule has 1 unspecified atom stereocenters. The van der Waals surface area contributed by atoms with Gasteiger partial charge in [0.2, 0.25) is 0 Å². The molecule has 8 heteroatoms. The van der Waals surface area contributed by atoms with E-state index in [0.29, 0.717) is 12.5 Å². The monoisotopic (exact) mass is 559 g/mol. The van der Waals surface area contributed by atoms with Crippen molar-refractivity contribution in [2.45, 2.75) is 32.9 Å². The van der Waals surface area contributed by atoms with Gasteiger partial charge in [0.25, 0.3) is 0 Å². The summed E-state index contributed by atoms with van der Waals surface area (Å²) in [6.07, 6.45) is 2.10. The second-order valence-corrected chi connectivity index (χ2v) is 8.68. The number of guanidine groups is 1. The topological polar surface area (TPSA) is 61.4 Å². The maximum Gasteiger partial charge on any atom is 0.191 e. The zero-order chi connectivity index (χ0) is 21.7. The number of piperazine rings is 1. The number of rotatable bonds is 11. The summed E-state index contributed by atoms with van der Waals surface area (Å²) in [5, 5.41) is 6.74. The minimum Gasteiger partial charge on any atom is -0.381 e. The molecular formula is C24H42IN5O2. The van der Waals surface area contributed by atoms with E-state index in [1.807, 2.05) is 0 Å². The Morgan fingerprint density at radius 2 is 1.88 bits per heavy atom. The van der Waals surface area contributed by atoms with E-state index in [1.165, 1.54) is 11.1 Å². The fraction of sp³-hybridized carbons (Fsp3) is 0.708. The van der Waals surface area contributed by atoms with Gasteiger partial charge in [0.15, 0.2) is 5.96 Å². The summed E-state index contributed by atoms with van der Waals surface area (Å²) < 4.78 is 11.2. The van der Waals surface area contributed by atoms with Crippen molar-refractivity contribution in [2.75, 3.05) is 72.7 Å². The highest BCUT2D eigenvalue weighted by Crippen LogP contribution is 2.12. The zero-order valence-corrected chi connectivity index (χ0v) is 22.2. The molecule has 2 aliphatic heterocycles. The molecule has 1 aromatic carbocycles. The normalized spacial score (nSPS) is 20.2. The Hall–Kier alpha value is -0.940. The molecule has 32 heavy (non-hydrogen) atoms. The van der Waals surface area contributed by atoms with E-state index in [4.69, 9.17) is 14.5 Å². The van der Waals surface area contributed by atoms with Crippen LogP contribution in [0.15, 0.2) is 29.3 Å². The van der Waals surface area contributed by atoms with Crippen molar-refractivity contribution in [3.8, 4) is 0 Å². The SMILES string of the molecule is CCNC(=NCc1ccc(CN2CCN(C)CC2)cc1)NCCCOCC1CCOC1.I. The maximum atomic E-state index is 5.77. The fourth-order valence-electron chi connectivity index (χ4n) is 3.87. The van der Waals surface area contributed by atoms with Gasteiger partial charge in [-0.2, -0.15) is 0 Å². The van der Waals surface area contributed by atoms with Gasteiger partial charge in [0.1, 0.15) is 0 Å². The first-order valence-corrected chi connectivity index (χ1v) is 11.9. The van der Waals surface area contributed by atoms with Crippen LogP contribution in [0.25, 0.3) is 0 Å². The number of nitrogens with one attached hydrogen (secondary N) is 2. The summed E-state index contributed by atoms with van der Waals surface area (Å²) in [4.78, 5) is 9.67. The van der Waals surface area contributed by atoms with Gasteiger partial charge in [-0.3, -0.25) is 4.90 Å². The maximum absolute atomic E-state index is 5.77. The zero-order valence-electron chi connectivity index (χ0n) is 19.9. The molecule has 0 spiro atoms. The van der Waals surface area contributed by atoms with Crippen LogP contribution in [0.2, 0.25) is 0 Å². The van der Waals surface area contributed by atoms with E-state index in [0.717, 1.165) is 91.0 Å². The van der Waals surface area contributed by atoms with Crippen LogP contribution in [-0.4, -0.2) is 88.5 Å². The predicted molar refractivity (Wildman–Crippen MR) is 142 cm³/mol. The molecule has 2 heterocycles. The molecule has 2 saturated heterocycles. The molecule has 0 amide bonds. The lowest BCUT2D eigenvalue weighted by Crippen LogP contribution is -2.43. The number of likely N-dealkylation sites (N-methyl/N-ethyl adjacent to an activating group) is 1. The summed E-state index contributed by atoms with van der Waals surface area (Å²) in [7, 11) is 2.20. The van der Waals surface area contributed by atoms with E-state index in [9.17, 15) is 0 Å². The predicted octanol–water partition coefficient (Wildman–Crippen LogP) is 2.55. The molecule has 0 saturated carbocycles. The molecule has 0 aromatic heterocycles. The molecule has 182 valence electrons. The van der Waals surface area contributed by atoms with Crippen molar-refractivity contribution in [3.63, 3.8) is 0 Å². The number of aliphatic imine (C=N–C) groups is 1. The molecule has 7 nitrogen and oxygen atoms in total. The molecule has 2 fully saturated rings. The van der Waals surface area contributed by atoms with Crippen molar-refractivity contribution >= 4 is 29.9 Å². The van der Waals surface area contributed by atoms with Crippen LogP contribution in [0.4, 0.5) is 0 Å². The third-order valence-electron chi connectivity index (χ3n) is 5.92. The van der Waals surface area contributed by atoms with E-state index in [2.05, 4.69) is 58.7 Å². The van der Waals surface area contributed by atoms with Crippen molar-refractivity contribution in [1.82, 2.24) is 20.4 Å². The van der Waals surface area contributed by atoms with E-state index in [1.54, 1.807) is 0 Å². The summed E-state index contributed by atoms with van der Waals surface area (Å²) in [5.41, 5.74) is 2.62. The third-order valence-corrected chi connectivity index (χ3v) is 5.92. The quantitative estimate of drug-likeness (QED) is 0.188. The number of nitrogens with zero attached hydrogens (tertiary/aromatic N) is 3. The van der Waals surface area contributed by atoms with Crippen LogP contribution in [0.5, 0.6) is 0 Å². The van der Waals surface area contributed by atoms with Crippen LogP contribution >= 0.6 is 24.0 Å². The first-order valence-electron chi connectivity index (χ1n) is 11.9. The number of hydrogen-bond donors (Lipinski definition) is 2. The van der Waals surface area contributed by atoms with Crippen molar-refractivity contribution in [3.05, 3.63) is 35.4 Å². The molecule has 0 radical (unpaired) electrons. The van der Waals surface area contributed by atoms with Gasteiger partial charge in [-0.15, -0.1) is 24.0 Å². The Kier molecular flexibility index (Phi) is 13.5. The second-order valence-electron chi connectivity index (χ2n) is 8.68. The van der Waals surface area contributed by atoms with Gasteiger partial charge in [0, 0.05) is 64.9 Å². The van der Waals surface area contributed by atoms with Gasteiger partial charge in [0.05, 0.1) is 19.8 Å². The molecule has 2 aliphatic rings. The average Bonchev–Trinajstić information content (AvgIpc) is 3.30. The molecule has 3 rings (SSSR count). The number of hydrogen-bond acceptors (Lipinski definition) is 5. The highest BCUT2D eigenvalue weighted by atomic mass is 127. The summed E-state index contributed by atoms with van der Waals surface area (Å²) in [6.45, 7) is 13.5. The minimum absolute atomic E-state index is 0. The smallest absolute Gasteiger partial charge is 0.191 e. The molecule has 2 N–H and O–H groups in total. The van der Waals surface area contributed by atoms with Crippen molar-refractivity contribution in [2.24, 2.45) is 10.9 Å². The van der Waals surface area contributed by atoms with E-state index < -0.39 is 0 Å². The first-order chi connectivity index (χ1) is 15.2. The molecule has 1 atom stereocenters. The number of ether oxygens (including phenoxy) is 2. The van der Waals surface area contributed by atoms with Crippen molar-refractivity contribution in [1.29, 1.82) is 0 Å². The van der Waals surface area contributed by atoms with E-state index >= 15 is 0 Å². The first kappa shape index (κ1) is 27.3. The molecular weight excluding hydrogens is 517 g/mol. The Bertz CT molecular complexity index is 644.